The number of nitrogens with zero attached hydrogens (tertiary/aromatic N) is 4. The summed E-state index contributed by atoms with van der Waals surface area (Å²) in [5.41, 5.74) is 2.70. The SMILES string of the molecule is CCCn1c(SCC(=O)N2N=C(c3ccc4ccccc4c3)C[C@@H]2c2ccccc2)n[nH]c1=O. The van der Waals surface area contributed by atoms with Crippen molar-refractivity contribution in [2.75, 3.05) is 5.75 Å². The van der Waals surface area contributed by atoms with Crippen LogP contribution in [0.2, 0.25) is 0 Å². The number of hydrazone groups is 1. The predicted octanol–water partition coefficient (Wildman–Crippen LogP) is 4.60. The number of aromatic nitrogens is 3. The van der Waals surface area contributed by atoms with Crippen LogP contribution < -0.4 is 5.69 Å². The van der Waals surface area contributed by atoms with E-state index in [-0.39, 0.29) is 23.4 Å². The predicted molar refractivity (Wildman–Crippen MR) is 135 cm³/mol. The van der Waals surface area contributed by atoms with Gasteiger partial charge < -0.3 is 0 Å². The van der Waals surface area contributed by atoms with E-state index in [0.29, 0.717) is 18.1 Å². The Balaban J connectivity index is 1.42. The van der Waals surface area contributed by atoms with Crippen molar-refractivity contribution in [1.29, 1.82) is 0 Å². The third-order valence-corrected chi connectivity index (χ3v) is 6.89. The molecule has 1 aromatic heterocycles. The Kier molecular flexibility index (Phi) is 6.31. The summed E-state index contributed by atoms with van der Waals surface area (Å²) in [6.07, 6.45) is 1.45. The molecular weight excluding hydrogens is 446 g/mol. The lowest BCUT2D eigenvalue weighted by molar-refractivity contribution is -0.130. The maximum Gasteiger partial charge on any atom is 0.343 e. The number of thioether (sulfide) groups is 1. The van der Waals surface area contributed by atoms with Gasteiger partial charge in [-0.15, -0.1) is 5.10 Å². The topological polar surface area (TPSA) is 83.3 Å². The van der Waals surface area contributed by atoms with E-state index in [1.807, 2.05) is 49.4 Å². The molecule has 172 valence electrons. The van der Waals surface area contributed by atoms with Gasteiger partial charge >= 0.3 is 5.69 Å². The number of carbonyl (C=O) groups excluding carboxylic acids is 1. The fraction of sp³-hybridized carbons (Fsp3) is 0.231. The Morgan fingerprint density at radius 3 is 2.62 bits per heavy atom. The first-order valence-corrected chi connectivity index (χ1v) is 12.3. The fourth-order valence-electron chi connectivity index (χ4n) is 4.25. The van der Waals surface area contributed by atoms with Gasteiger partial charge in [-0.05, 0) is 34.4 Å². The number of hydrogen-bond donors (Lipinski definition) is 1. The summed E-state index contributed by atoms with van der Waals surface area (Å²) in [4.78, 5) is 25.3. The molecule has 3 aromatic carbocycles. The van der Waals surface area contributed by atoms with Crippen molar-refractivity contribution in [2.24, 2.45) is 5.10 Å². The number of fused-ring (bicyclic) bond motifs is 1. The van der Waals surface area contributed by atoms with Gasteiger partial charge in [-0.1, -0.05) is 85.4 Å². The van der Waals surface area contributed by atoms with Gasteiger partial charge in [0.25, 0.3) is 5.91 Å². The van der Waals surface area contributed by atoms with E-state index in [0.717, 1.165) is 28.6 Å². The molecule has 0 fully saturated rings. The number of rotatable bonds is 7. The third-order valence-electron chi connectivity index (χ3n) is 5.93. The maximum absolute atomic E-state index is 13.3. The minimum atomic E-state index is -0.253. The molecule has 5 rings (SSSR count). The van der Waals surface area contributed by atoms with E-state index in [4.69, 9.17) is 5.10 Å². The van der Waals surface area contributed by atoms with Crippen LogP contribution in [0.25, 0.3) is 10.8 Å². The number of nitrogens with one attached hydrogen (secondary N) is 1. The monoisotopic (exact) mass is 471 g/mol. The van der Waals surface area contributed by atoms with Gasteiger partial charge in [0, 0.05) is 13.0 Å². The van der Waals surface area contributed by atoms with Crippen LogP contribution in [0.4, 0.5) is 0 Å². The molecule has 1 aliphatic heterocycles. The molecule has 1 N–H and O–H groups in total. The normalized spacial score (nSPS) is 15.6. The second kappa shape index (κ2) is 9.69. The molecule has 0 aliphatic carbocycles. The summed E-state index contributed by atoms with van der Waals surface area (Å²) in [6.45, 7) is 2.56. The smallest absolute Gasteiger partial charge is 0.272 e. The summed E-state index contributed by atoms with van der Waals surface area (Å²) in [5, 5.41) is 15.8. The van der Waals surface area contributed by atoms with Gasteiger partial charge in [0.15, 0.2) is 5.16 Å². The zero-order valence-electron chi connectivity index (χ0n) is 18.8. The quantitative estimate of drug-likeness (QED) is 0.399. The van der Waals surface area contributed by atoms with Crippen LogP contribution in [0.5, 0.6) is 0 Å². The van der Waals surface area contributed by atoms with Crippen molar-refractivity contribution >= 4 is 34.2 Å². The summed E-state index contributed by atoms with van der Waals surface area (Å²) >= 11 is 1.26. The molecule has 4 aromatic rings. The second-order valence-corrected chi connectivity index (χ2v) is 9.17. The number of H-pyrrole nitrogens is 1. The van der Waals surface area contributed by atoms with E-state index >= 15 is 0 Å². The molecule has 1 atom stereocenters. The largest absolute Gasteiger partial charge is 0.343 e. The first-order valence-electron chi connectivity index (χ1n) is 11.4. The molecule has 34 heavy (non-hydrogen) atoms. The number of aromatic amines is 1. The standard InChI is InChI=1S/C26H25N5O2S/c1-2-14-30-25(33)27-28-26(30)34-17-24(32)31-23(19-9-4-3-5-10-19)16-22(29-31)21-13-12-18-8-6-7-11-20(18)15-21/h3-13,15,23H,2,14,16-17H2,1H3,(H,27,33)/t23-/m1/s1. The van der Waals surface area contributed by atoms with E-state index < -0.39 is 0 Å². The van der Waals surface area contributed by atoms with Crippen LogP contribution in [-0.4, -0.2) is 37.1 Å². The highest BCUT2D eigenvalue weighted by molar-refractivity contribution is 7.99. The maximum atomic E-state index is 13.3. The van der Waals surface area contributed by atoms with Crippen LogP contribution in [0.3, 0.4) is 0 Å². The molecule has 0 saturated carbocycles. The Labute approximate surface area is 201 Å². The van der Waals surface area contributed by atoms with Crippen LogP contribution >= 0.6 is 11.8 Å². The molecule has 7 nitrogen and oxygen atoms in total. The van der Waals surface area contributed by atoms with Crippen molar-refractivity contribution in [1.82, 2.24) is 19.8 Å². The number of carbonyl (C=O) groups is 1. The lowest BCUT2D eigenvalue weighted by Gasteiger charge is -2.21. The van der Waals surface area contributed by atoms with E-state index in [1.54, 1.807) is 9.58 Å². The zero-order chi connectivity index (χ0) is 23.5. The number of amides is 1. The molecule has 1 aliphatic rings. The highest BCUT2D eigenvalue weighted by atomic mass is 32.2. The Hall–Kier alpha value is -3.65. The van der Waals surface area contributed by atoms with Crippen LogP contribution in [0.15, 0.2) is 87.8 Å². The van der Waals surface area contributed by atoms with Crippen LogP contribution in [-0.2, 0) is 11.3 Å². The molecule has 2 heterocycles. The summed E-state index contributed by atoms with van der Waals surface area (Å²) in [7, 11) is 0. The van der Waals surface area contributed by atoms with Crippen molar-refractivity contribution < 1.29 is 4.79 Å². The van der Waals surface area contributed by atoms with Crippen LogP contribution in [0, 0.1) is 0 Å². The molecule has 0 radical (unpaired) electrons. The van der Waals surface area contributed by atoms with Crippen molar-refractivity contribution in [3.63, 3.8) is 0 Å². The highest BCUT2D eigenvalue weighted by Gasteiger charge is 2.33. The average Bonchev–Trinajstić information content (AvgIpc) is 3.47. The Morgan fingerprint density at radius 2 is 1.82 bits per heavy atom. The zero-order valence-corrected chi connectivity index (χ0v) is 19.7. The van der Waals surface area contributed by atoms with E-state index in [9.17, 15) is 9.59 Å². The van der Waals surface area contributed by atoms with Crippen LogP contribution in [0.1, 0.15) is 36.9 Å². The molecule has 0 spiro atoms. The molecule has 1 amide bonds. The fourth-order valence-corrected chi connectivity index (χ4v) is 5.07. The molecule has 0 unspecified atom stereocenters. The first-order chi connectivity index (χ1) is 16.6. The summed E-state index contributed by atoms with van der Waals surface area (Å²) in [5.74, 6) is 0.0272. The van der Waals surface area contributed by atoms with Gasteiger partial charge in [0.1, 0.15) is 0 Å². The average molecular weight is 472 g/mol. The van der Waals surface area contributed by atoms with Gasteiger partial charge in [-0.3, -0.25) is 9.36 Å². The molecule has 0 saturated heterocycles. The molecule has 0 bridgehead atoms. The minimum Gasteiger partial charge on any atom is -0.272 e. The Bertz CT molecular complexity index is 1410. The van der Waals surface area contributed by atoms with Crippen molar-refractivity contribution in [2.45, 2.75) is 37.5 Å². The van der Waals surface area contributed by atoms with Gasteiger partial charge in [-0.25, -0.2) is 14.9 Å². The second-order valence-electron chi connectivity index (χ2n) is 8.23. The van der Waals surface area contributed by atoms with Crippen molar-refractivity contribution in [3.8, 4) is 0 Å². The minimum absolute atomic E-state index is 0.117. The highest BCUT2D eigenvalue weighted by Crippen LogP contribution is 2.34. The number of hydrogen-bond acceptors (Lipinski definition) is 5. The third kappa shape index (κ3) is 4.41. The summed E-state index contributed by atoms with van der Waals surface area (Å²) in [6, 6.07) is 24.3. The van der Waals surface area contributed by atoms with Gasteiger partial charge in [0.2, 0.25) is 0 Å². The lowest BCUT2D eigenvalue weighted by atomic mass is 9.97. The molecule has 8 heteroatoms. The first kappa shape index (κ1) is 22.2. The lowest BCUT2D eigenvalue weighted by Crippen LogP contribution is -2.28. The number of benzene rings is 3. The van der Waals surface area contributed by atoms with Crippen molar-refractivity contribution in [3.05, 3.63) is 94.4 Å². The van der Waals surface area contributed by atoms with Gasteiger partial charge in [0.05, 0.1) is 17.5 Å². The summed E-state index contributed by atoms with van der Waals surface area (Å²) < 4.78 is 1.57. The molecular formula is C26H25N5O2S. The van der Waals surface area contributed by atoms with E-state index in [1.165, 1.54) is 17.1 Å². The Morgan fingerprint density at radius 1 is 1.06 bits per heavy atom. The van der Waals surface area contributed by atoms with E-state index in [2.05, 4.69) is 40.5 Å². The van der Waals surface area contributed by atoms with Gasteiger partial charge in [-0.2, -0.15) is 5.10 Å².